The molecular weight excluding hydrogens is 394 g/mol. The van der Waals surface area contributed by atoms with Gasteiger partial charge in [0.05, 0.1) is 10.9 Å². The lowest BCUT2D eigenvalue weighted by atomic mass is 10.2. The van der Waals surface area contributed by atoms with Crippen molar-refractivity contribution in [1.29, 1.82) is 0 Å². The first-order valence-corrected chi connectivity index (χ1v) is 10.6. The average Bonchev–Trinajstić information content (AvgIpc) is 3.28. The fourth-order valence-corrected chi connectivity index (χ4v) is 4.07. The summed E-state index contributed by atoms with van der Waals surface area (Å²) in [5.74, 6) is -0.0116. The largest absolute Gasteiger partial charge is 0.280 e. The second kappa shape index (κ2) is 9.37. The molecule has 6 nitrogen and oxygen atoms in total. The highest BCUT2D eigenvalue weighted by atomic mass is 32.2. The maximum absolute atomic E-state index is 13.7. The summed E-state index contributed by atoms with van der Waals surface area (Å²) < 4.78 is 1.66. The number of nitrogens with zero attached hydrogens (tertiary/aromatic N) is 5. The smallest absolute Gasteiger partial charge is 0.245 e. The van der Waals surface area contributed by atoms with Crippen LogP contribution in [0.1, 0.15) is 13.3 Å². The number of aromatic nitrogens is 4. The van der Waals surface area contributed by atoms with Gasteiger partial charge in [0, 0.05) is 11.4 Å². The molecule has 0 N–H and O–H groups in total. The van der Waals surface area contributed by atoms with Gasteiger partial charge in [-0.15, -0.1) is 5.10 Å². The van der Waals surface area contributed by atoms with Crippen molar-refractivity contribution < 1.29 is 4.79 Å². The minimum atomic E-state index is -0.348. The van der Waals surface area contributed by atoms with Crippen LogP contribution in [0.5, 0.6) is 0 Å². The summed E-state index contributed by atoms with van der Waals surface area (Å²) in [5, 5.41) is 12.3. The Balaban J connectivity index is 1.65. The van der Waals surface area contributed by atoms with Crippen molar-refractivity contribution in [3.8, 4) is 5.69 Å². The van der Waals surface area contributed by atoms with Crippen LogP contribution in [-0.2, 0) is 4.79 Å². The Kier molecular flexibility index (Phi) is 6.20. The molecule has 0 aliphatic heterocycles. The van der Waals surface area contributed by atoms with Crippen molar-refractivity contribution in [2.24, 2.45) is 0 Å². The van der Waals surface area contributed by atoms with Crippen molar-refractivity contribution in [1.82, 2.24) is 20.2 Å². The van der Waals surface area contributed by atoms with Gasteiger partial charge in [0.25, 0.3) is 0 Å². The van der Waals surface area contributed by atoms with Crippen LogP contribution in [0.3, 0.4) is 0 Å². The number of anilines is 2. The zero-order valence-electron chi connectivity index (χ0n) is 16.5. The second-order valence-corrected chi connectivity index (χ2v) is 7.74. The Morgan fingerprint density at radius 1 is 0.900 bits per heavy atom. The quantitative estimate of drug-likeness (QED) is 0.402. The molecule has 150 valence electrons. The molecule has 1 unspecified atom stereocenters. The van der Waals surface area contributed by atoms with Gasteiger partial charge in [0.2, 0.25) is 11.1 Å². The molecule has 1 atom stereocenters. The number of benzene rings is 3. The minimum absolute atomic E-state index is 0.0116. The van der Waals surface area contributed by atoms with E-state index in [-0.39, 0.29) is 11.2 Å². The van der Waals surface area contributed by atoms with Crippen LogP contribution in [0.15, 0.2) is 96.2 Å². The van der Waals surface area contributed by atoms with Gasteiger partial charge in [-0.2, -0.15) is 4.68 Å². The van der Waals surface area contributed by atoms with E-state index in [0.717, 1.165) is 17.1 Å². The maximum atomic E-state index is 13.7. The van der Waals surface area contributed by atoms with E-state index in [9.17, 15) is 4.79 Å². The van der Waals surface area contributed by atoms with Crippen LogP contribution in [0.2, 0.25) is 0 Å². The Hall–Kier alpha value is -3.45. The molecule has 4 rings (SSSR count). The zero-order chi connectivity index (χ0) is 20.8. The van der Waals surface area contributed by atoms with Gasteiger partial charge in [0.1, 0.15) is 0 Å². The van der Waals surface area contributed by atoms with E-state index in [4.69, 9.17) is 0 Å². The molecule has 4 aromatic rings. The summed E-state index contributed by atoms with van der Waals surface area (Å²) in [4.78, 5) is 15.4. The molecular formula is C23H21N5OS. The van der Waals surface area contributed by atoms with E-state index >= 15 is 0 Å². The van der Waals surface area contributed by atoms with Gasteiger partial charge in [-0.25, -0.2) is 0 Å². The summed E-state index contributed by atoms with van der Waals surface area (Å²) in [6.45, 7) is 2.00. The number of tetrazole rings is 1. The van der Waals surface area contributed by atoms with E-state index in [0.29, 0.717) is 11.6 Å². The highest BCUT2D eigenvalue weighted by Gasteiger charge is 2.28. The van der Waals surface area contributed by atoms with Gasteiger partial charge >= 0.3 is 0 Å². The van der Waals surface area contributed by atoms with Crippen molar-refractivity contribution >= 4 is 29.0 Å². The molecule has 1 heterocycles. The Morgan fingerprint density at radius 3 is 1.97 bits per heavy atom. The maximum Gasteiger partial charge on any atom is 0.245 e. The van der Waals surface area contributed by atoms with E-state index in [1.807, 2.05) is 97.9 Å². The highest BCUT2D eigenvalue weighted by molar-refractivity contribution is 8.00. The van der Waals surface area contributed by atoms with Gasteiger partial charge in [0.15, 0.2) is 0 Å². The third-order valence-electron chi connectivity index (χ3n) is 4.58. The highest BCUT2D eigenvalue weighted by Crippen LogP contribution is 2.32. The van der Waals surface area contributed by atoms with Crippen LogP contribution in [0, 0.1) is 0 Å². The molecule has 7 heteroatoms. The normalized spacial score (nSPS) is 11.8. The molecule has 0 aliphatic rings. The van der Waals surface area contributed by atoms with Gasteiger partial charge < -0.3 is 0 Å². The van der Waals surface area contributed by atoms with Gasteiger partial charge in [-0.1, -0.05) is 73.3 Å². The lowest BCUT2D eigenvalue weighted by molar-refractivity contribution is -0.117. The van der Waals surface area contributed by atoms with E-state index in [2.05, 4.69) is 15.5 Å². The number of para-hydroxylation sites is 3. The van der Waals surface area contributed by atoms with Crippen molar-refractivity contribution in [2.45, 2.75) is 23.8 Å². The molecule has 30 heavy (non-hydrogen) atoms. The second-order valence-electron chi connectivity index (χ2n) is 6.57. The van der Waals surface area contributed by atoms with Crippen molar-refractivity contribution in [2.75, 3.05) is 4.90 Å². The first-order valence-electron chi connectivity index (χ1n) is 9.72. The number of rotatable bonds is 7. The molecule has 0 aliphatic carbocycles. The van der Waals surface area contributed by atoms with E-state index in [1.165, 1.54) is 11.8 Å². The Morgan fingerprint density at radius 2 is 1.43 bits per heavy atom. The number of amides is 1. The SMILES string of the molecule is CCC(Sc1nnnn1-c1ccccc1)C(=O)N(c1ccccc1)c1ccccc1. The Labute approximate surface area is 179 Å². The summed E-state index contributed by atoms with van der Waals surface area (Å²) in [6.07, 6.45) is 0.640. The van der Waals surface area contributed by atoms with Crippen molar-refractivity contribution in [3.05, 3.63) is 91.0 Å². The van der Waals surface area contributed by atoms with Gasteiger partial charge in [-0.05, 0) is 53.2 Å². The number of carbonyl (C=O) groups is 1. The predicted molar refractivity (Wildman–Crippen MR) is 119 cm³/mol. The summed E-state index contributed by atoms with van der Waals surface area (Å²) >= 11 is 1.38. The molecule has 0 radical (unpaired) electrons. The van der Waals surface area contributed by atoms with Gasteiger partial charge in [-0.3, -0.25) is 9.69 Å². The molecule has 0 bridgehead atoms. The molecule has 0 spiro atoms. The zero-order valence-corrected chi connectivity index (χ0v) is 17.3. The van der Waals surface area contributed by atoms with E-state index < -0.39 is 0 Å². The van der Waals surface area contributed by atoms with Crippen LogP contribution >= 0.6 is 11.8 Å². The Bertz CT molecular complexity index is 1050. The first-order chi connectivity index (χ1) is 14.8. The standard InChI is InChI=1S/C23H21N5OS/c1-2-21(30-23-24-25-26-28(23)20-16-10-5-11-17-20)22(29)27(18-12-6-3-7-13-18)19-14-8-4-9-15-19/h3-17,21H,2H2,1H3. The summed E-state index contributed by atoms with van der Waals surface area (Å²) in [6, 6.07) is 29.1. The number of thioether (sulfide) groups is 1. The van der Waals surface area contributed by atoms with E-state index in [1.54, 1.807) is 9.58 Å². The van der Waals surface area contributed by atoms with Crippen LogP contribution in [0.4, 0.5) is 11.4 Å². The van der Waals surface area contributed by atoms with Crippen LogP contribution in [-0.4, -0.2) is 31.4 Å². The molecule has 3 aromatic carbocycles. The lowest BCUT2D eigenvalue weighted by Gasteiger charge is -2.26. The third-order valence-corrected chi connectivity index (χ3v) is 5.87. The fourth-order valence-electron chi connectivity index (χ4n) is 3.12. The van der Waals surface area contributed by atoms with Crippen LogP contribution in [0.25, 0.3) is 5.69 Å². The molecule has 1 aromatic heterocycles. The molecule has 0 saturated carbocycles. The lowest BCUT2D eigenvalue weighted by Crippen LogP contribution is -2.34. The third kappa shape index (κ3) is 4.26. The first kappa shape index (κ1) is 19.8. The topological polar surface area (TPSA) is 63.9 Å². The average molecular weight is 416 g/mol. The van der Waals surface area contributed by atoms with Crippen LogP contribution < -0.4 is 4.90 Å². The summed E-state index contributed by atoms with van der Waals surface area (Å²) in [5.41, 5.74) is 2.51. The van der Waals surface area contributed by atoms with Crippen molar-refractivity contribution in [3.63, 3.8) is 0 Å². The number of carbonyl (C=O) groups excluding carboxylic acids is 1. The number of hydrogen-bond acceptors (Lipinski definition) is 5. The monoisotopic (exact) mass is 415 g/mol. The fraction of sp³-hybridized carbons (Fsp3) is 0.130. The molecule has 0 saturated heterocycles. The summed E-state index contributed by atoms with van der Waals surface area (Å²) in [7, 11) is 0. The molecule has 1 amide bonds. The number of hydrogen-bond donors (Lipinski definition) is 0. The minimum Gasteiger partial charge on any atom is -0.280 e. The molecule has 0 fully saturated rings. The predicted octanol–water partition coefficient (Wildman–Crippen LogP) is 4.90.